The molecule has 1 saturated heterocycles. The summed E-state index contributed by atoms with van der Waals surface area (Å²) in [5.74, 6) is 1.07. The average Bonchev–Trinajstić information content (AvgIpc) is 2.88. The quantitative estimate of drug-likeness (QED) is 0.908. The highest BCUT2D eigenvalue weighted by atomic mass is 16.5. The first-order valence-electron chi connectivity index (χ1n) is 8.55. The predicted octanol–water partition coefficient (Wildman–Crippen LogP) is 2.96. The van der Waals surface area contributed by atoms with Crippen LogP contribution in [0.15, 0.2) is 24.3 Å². The first-order chi connectivity index (χ1) is 10.9. The van der Waals surface area contributed by atoms with Gasteiger partial charge in [-0.3, -0.25) is 4.79 Å². The van der Waals surface area contributed by atoms with Gasteiger partial charge in [-0.15, -0.1) is 0 Å². The van der Waals surface area contributed by atoms with Gasteiger partial charge in [0, 0.05) is 18.5 Å². The molecule has 1 N–H and O–H groups in total. The molecule has 0 unspecified atom stereocenters. The summed E-state index contributed by atoms with van der Waals surface area (Å²) in [6.45, 7) is 8.68. The van der Waals surface area contributed by atoms with Gasteiger partial charge in [0.25, 0.3) is 5.91 Å². The maximum Gasteiger partial charge on any atom is 0.257 e. The van der Waals surface area contributed by atoms with Crippen LogP contribution in [0.1, 0.15) is 44.0 Å². The van der Waals surface area contributed by atoms with Crippen molar-refractivity contribution in [1.82, 2.24) is 4.90 Å². The third kappa shape index (κ3) is 2.63. The molecular formula is C19H27NO3. The van der Waals surface area contributed by atoms with Crippen molar-refractivity contribution in [1.29, 1.82) is 0 Å². The summed E-state index contributed by atoms with van der Waals surface area (Å²) in [5.41, 5.74) is 0.738. The highest BCUT2D eigenvalue weighted by Crippen LogP contribution is 2.62. The topological polar surface area (TPSA) is 49.8 Å². The molecule has 0 radical (unpaired) electrons. The lowest BCUT2D eigenvalue weighted by molar-refractivity contribution is -0.0977. The van der Waals surface area contributed by atoms with Crippen molar-refractivity contribution >= 4 is 5.91 Å². The van der Waals surface area contributed by atoms with E-state index < -0.39 is 0 Å². The second kappa shape index (κ2) is 5.82. The second-order valence-electron chi connectivity index (χ2n) is 7.77. The van der Waals surface area contributed by atoms with E-state index in [1.807, 2.05) is 29.2 Å². The van der Waals surface area contributed by atoms with Gasteiger partial charge >= 0.3 is 0 Å². The van der Waals surface area contributed by atoms with Gasteiger partial charge in [-0.1, -0.05) is 32.9 Å². The number of carbonyl (C=O) groups is 1. The Balaban J connectivity index is 1.80. The smallest absolute Gasteiger partial charge is 0.257 e. The van der Waals surface area contributed by atoms with Crippen LogP contribution in [0.3, 0.4) is 0 Å². The number of fused-ring (bicyclic) bond motifs is 1. The first kappa shape index (κ1) is 16.3. The molecule has 4 nitrogen and oxygen atoms in total. The highest BCUT2D eigenvalue weighted by molar-refractivity contribution is 5.97. The molecular weight excluding hydrogens is 290 g/mol. The number of amides is 1. The molecule has 1 aromatic rings. The van der Waals surface area contributed by atoms with Crippen LogP contribution < -0.4 is 4.74 Å². The van der Waals surface area contributed by atoms with Gasteiger partial charge < -0.3 is 14.7 Å². The van der Waals surface area contributed by atoms with Crippen LogP contribution in [0.4, 0.5) is 0 Å². The molecule has 2 aliphatic rings. The predicted molar refractivity (Wildman–Crippen MR) is 89.5 cm³/mol. The van der Waals surface area contributed by atoms with Crippen molar-refractivity contribution < 1.29 is 14.6 Å². The number of para-hydroxylation sites is 1. The van der Waals surface area contributed by atoms with E-state index in [0.717, 1.165) is 19.4 Å². The number of likely N-dealkylation sites (tertiary alicyclic amines) is 1. The summed E-state index contributed by atoms with van der Waals surface area (Å²) >= 11 is 0. The molecule has 4 heteroatoms. The Morgan fingerprint density at radius 3 is 2.74 bits per heavy atom. The number of hydrogen-bond acceptors (Lipinski definition) is 3. The molecule has 23 heavy (non-hydrogen) atoms. The largest absolute Gasteiger partial charge is 0.493 e. The molecule has 1 saturated carbocycles. The Bertz CT molecular complexity index is 598. The van der Waals surface area contributed by atoms with E-state index in [4.69, 9.17) is 4.74 Å². The number of ether oxygens (including phenoxy) is 1. The normalized spacial score (nSPS) is 28.2. The van der Waals surface area contributed by atoms with Crippen LogP contribution in [-0.2, 0) is 0 Å². The molecule has 1 amide bonds. The van der Waals surface area contributed by atoms with E-state index in [0.29, 0.717) is 30.4 Å². The maximum absolute atomic E-state index is 13.0. The lowest BCUT2D eigenvalue weighted by Gasteiger charge is -2.55. The number of benzene rings is 1. The fourth-order valence-corrected chi connectivity index (χ4v) is 4.65. The minimum absolute atomic E-state index is 0.0229. The lowest BCUT2D eigenvalue weighted by atomic mass is 9.48. The van der Waals surface area contributed by atoms with Gasteiger partial charge in [-0.25, -0.2) is 0 Å². The van der Waals surface area contributed by atoms with E-state index in [2.05, 4.69) is 20.8 Å². The Morgan fingerprint density at radius 1 is 1.39 bits per heavy atom. The van der Waals surface area contributed by atoms with E-state index in [1.54, 1.807) is 0 Å². The maximum atomic E-state index is 13.0. The summed E-state index contributed by atoms with van der Waals surface area (Å²) in [4.78, 5) is 14.9. The zero-order valence-electron chi connectivity index (χ0n) is 14.3. The number of aliphatic hydroxyl groups is 1. The molecule has 126 valence electrons. The van der Waals surface area contributed by atoms with Crippen LogP contribution in [0.5, 0.6) is 5.75 Å². The number of hydrogen-bond donors (Lipinski definition) is 1. The van der Waals surface area contributed by atoms with Gasteiger partial charge in [0.1, 0.15) is 5.75 Å². The molecule has 0 bridgehead atoms. The molecule has 1 heterocycles. The van der Waals surface area contributed by atoms with Crippen LogP contribution in [0, 0.1) is 16.7 Å². The fraction of sp³-hybridized carbons (Fsp3) is 0.632. The minimum Gasteiger partial charge on any atom is -0.493 e. The molecule has 0 spiro atoms. The Morgan fingerprint density at radius 2 is 2.13 bits per heavy atom. The minimum atomic E-state index is -0.0988. The molecule has 3 rings (SSSR count). The van der Waals surface area contributed by atoms with Crippen LogP contribution >= 0.6 is 0 Å². The zero-order valence-corrected chi connectivity index (χ0v) is 14.3. The van der Waals surface area contributed by atoms with Gasteiger partial charge in [-0.2, -0.15) is 0 Å². The standard InChI is InChI=1S/C19H27NO3/c1-4-9-23-15-8-6-5-7-14(15)17(22)20-10-16-18(2,3)11-19(16,12-20)13-21/h5-8,16,21H,4,9-13H2,1-3H3/t16-,19-/m1/s1. The van der Waals surface area contributed by atoms with E-state index >= 15 is 0 Å². The third-order valence-electron chi connectivity index (χ3n) is 5.58. The van der Waals surface area contributed by atoms with Crippen molar-refractivity contribution in [2.24, 2.45) is 16.7 Å². The van der Waals surface area contributed by atoms with Gasteiger partial charge in [-0.05, 0) is 36.3 Å². The first-order valence-corrected chi connectivity index (χ1v) is 8.55. The monoisotopic (exact) mass is 317 g/mol. The molecule has 1 aliphatic heterocycles. The Hall–Kier alpha value is -1.55. The van der Waals surface area contributed by atoms with Gasteiger partial charge in [0.15, 0.2) is 0 Å². The van der Waals surface area contributed by atoms with Crippen molar-refractivity contribution in [3.05, 3.63) is 29.8 Å². The van der Waals surface area contributed by atoms with Gasteiger partial charge in [0.2, 0.25) is 0 Å². The molecule has 2 atom stereocenters. The lowest BCUT2D eigenvalue weighted by Crippen LogP contribution is -2.54. The van der Waals surface area contributed by atoms with E-state index in [9.17, 15) is 9.90 Å². The van der Waals surface area contributed by atoms with Crippen molar-refractivity contribution in [2.45, 2.75) is 33.6 Å². The van der Waals surface area contributed by atoms with Gasteiger partial charge in [0.05, 0.1) is 18.8 Å². The number of rotatable bonds is 5. The van der Waals surface area contributed by atoms with E-state index in [1.165, 1.54) is 0 Å². The van der Waals surface area contributed by atoms with Crippen molar-refractivity contribution in [3.8, 4) is 5.75 Å². The molecule has 1 aromatic carbocycles. The van der Waals surface area contributed by atoms with Crippen molar-refractivity contribution in [3.63, 3.8) is 0 Å². The number of aliphatic hydroxyl groups excluding tert-OH is 1. The summed E-state index contributed by atoms with van der Waals surface area (Å²) in [6.07, 6.45) is 1.90. The number of nitrogens with zero attached hydrogens (tertiary/aromatic N) is 1. The molecule has 2 fully saturated rings. The molecule has 1 aliphatic carbocycles. The Labute approximate surface area is 138 Å². The summed E-state index contributed by atoms with van der Waals surface area (Å²) < 4.78 is 5.73. The third-order valence-corrected chi connectivity index (χ3v) is 5.58. The van der Waals surface area contributed by atoms with Crippen molar-refractivity contribution in [2.75, 3.05) is 26.3 Å². The zero-order chi connectivity index (χ0) is 16.7. The summed E-state index contributed by atoms with van der Waals surface area (Å²) in [5, 5.41) is 9.86. The van der Waals surface area contributed by atoms with E-state index in [-0.39, 0.29) is 23.3 Å². The summed E-state index contributed by atoms with van der Waals surface area (Å²) in [7, 11) is 0. The van der Waals surface area contributed by atoms with Crippen LogP contribution in [-0.4, -0.2) is 42.2 Å². The average molecular weight is 317 g/mol. The number of carbonyl (C=O) groups excluding carboxylic acids is 1. The van der Waals surface area contributed by atoms with Crippen LogP contribution in [0.2, 0.25) is 0 Å². The fourth-order valence-electron chi connectivity index (χ4n) is 4.65. The second-order valence-corrected chi connectivity index (χ2v) is 7.77. The summed E-state index contributed by atoms with van der Waals surface area (Å²) in [6, 6.07) is 7.47. The Kier molecular flexibility index (Phi) is 4.13. The van der Waals surface area contributed by atoms with Crippen LogP contribution in [0.25, 0.3) is 0 Å². The highest BCUT2D eigenvalue weighted by Gasteiger charge is 2.63. The molecule has 0 aromatic heterocycles. The SMILES string of the molecule is CCCOc1ccccc1C(=O)N1C[C@@H]2C(C)(C)C[C@]2(CO)C1.